The Morgan fingerprint density at radius 1 is 1.15 bits per heavy atom. The van der Waals surface area contributed by atoms with E-state index in [1.165, 1.54) is 0 Å². The highest BCUT2D eigenvalue weighted by molar-refractivity contribution is 5.83. The number of hydrogen-bond donors (Lipinski definition) is 4. The molecule has 1 amide bonds. The number of piperazine rings is 1. The topological polar surface area (TPSA) is 86.9 Å². The molecule has 27 heavy (non-hydrogen) atoms. The van der Waals surface area contributed by atoms with Gasteiger partial charge in [-0.05, 0) is 31.6 Å². The van der Waals surface area contributed by atoms with E-state index in [4.69, 9.17) is 4.84 Å². The van der Waals surface area contributed by atoms with Gasteiger partial charge in [-0.2, -0.15) is 14.3 Å². The molecule has 4 N–H and O–H groups in total. The highest BCUT2D eigenvalue weighted by Gasteiger charge is 2.41. The molecule has 4 aliphatic rings. The van der Waals surface area contributed by atoms with Crippen molar-refractivity contribution >= 4 is 5.91 Å². The zero-order chi connectivity index (χ0) is 18.8. The standard InChI is InChI=1S/C17H29F2N5O3/c18-17(19)26-11-3-1-10(2-4-11)12-9-13(27-23-12)22-16(25)14-15-21-6-8-24(15)7-5-20-14/h10-15,17,20-21,23H,1-9H2,(H,22,25). The Hall–Kier alpha value is -0.910. The van der Waals surface area contributed by atoms with E-state index in [0.29, 0.717) is 25.2 Å². The van der Waals surface area contributed by atoms with E-state index in [0.717, 1.165) is 39.0 Å². The molecule has 1 aliphatic carbocycles. The Labute approximate surface area is 157 Å². The highest BCUT2D eigenvalue weighted by atomic mass is 19.3. The van der Waals surface area contributed by atoms with Gasteiger partial charge in [0.15, 0.2) is 6.23 Å². The van der Waals surface area contributed by atoms with Crippen LogP contribution in [0.5, 0.6) is 0 Å². The summed E-state index contributed by atoms with van der Waals surface area (Å²) in [6.07, 6.45) is 2.93. The predicted octanol–water partition coefficient (Wildman–Crippen LogP) is -0.277. The van der Waals surface area contributed by atoms with Gasteiger partial charge in [-0.15, -0.1) is 0 Å². The zero-order valence-corrected chi connectivity index (χ0v) is 15.3. The van der Waals surface area contributed by atoms with Crippen molar-refractivity contribution in [3.8, 4) is 0 Å². The normalized spacial score (nSPS) is 40.3. The smallest absolute Gasteiger partial charge is 0.328 e. The number of fused-ring (bicyclic) bond motifs is 1. The lowest BCUT2D eigenvalue weighted by atomic mass is 9.82. The summed E-state index contributed by atoms with van der Waals surface area (Å²) >= 11 is 0. The van der Waals surface area contributed by atoms with Crippen LogP contribution >= 0.6 is 0 Å². The van der Waals surface area contributed by atoms with Gasteiger partial charge in [0, 0.05) is 38.6 Å². The SMILES string of the molecule is O=C(NC1CC(C2CCC(OC(F)F)CC2)NO1)C1NCCN2CCNC12. The Kier molecular flexibility index (Phi) is 6.20. The number of alkyl halides is 2. The van der Waals surface area contributed by atoms with E-state index in [1.807, 2.05) is 0 Å². The second-order valence-electron chi connectivity index (χ2n) is 7.88. The van der Waals surface area contributed by atoms with Gasteiger partial charge in [0.25, 0.3) is 0 Å². The van der Waals surface area contributed by atoms with Crippen molar-refractivity contribution in [1.82, 2.24) is 26.3 Å². The van der Waals surface area contributed by atoms with Gasteiger partial charge in [-0.3, -0.25) is 19.8 Å². The molecule has 0 radical (unpaired) electrons. The van der Waals surface area contributed by atoms with Crippen molar-refractivity contribution in [3.63, 3.8) is 0 Å². The number of amides is 1. The van der Waals surface area contributed by atoms with Crippen LogP contribution in [0.25, 0.3) is 0 Å². The minimum absolute atomic E-state index is 0.0361. The molecule has 154 valence electrons. The minimum Gasteiger partial charge on any atom is -0.328 e. The second-order valence-corrected chi connectivity index (χ2v) is 7.88. The highest BCUT2D eigenvalue weighted by Crippen LogP contribution is 2.32. The van der Waals surface area contributed by atoms with Gasteiger partial charge in [0.2, 0.25) is 5.91 Å². The Bertz CT molecular complexity index is 521. The lowest BCUT2D eigenvalue weighted by Crippen LogP contribution is -2.64. The fraction of sp³-hybridized carbons (Fsp3) is 0.941. The van der Waals surface area contributed by atoms with Gasteiger partial charge >= 0.3 is 6.61 Å². The average molecular weight is 389 g/mol. The van der Waals surface area contributed by atoms with Crippen molar-refractivity contribution < 1.29 is 23.1 Å². The van der Waals surface area contributed by atoms with Crippen LogP contribution in [0.15, 0.2) is 0 Å². The summed E-state index contributed by atoms with van der Waals surface area (Å²) in [6.45, 7) is 0.919. The van der Waals surface area contributed by atoms with Crippen LogP contribution in [0.4, 0.5) is 8.78 Å². The van der Waals surface area contributed by atoms with Crippen molar-refractivity contribution in [2.75, 3.05) is 26.2 Å². The number of rotatable bonds is 5. The lowest BCUT2D eigenvalue weighted by molar-refractivity contribution is -0.172. The third-order valence-electron chi connectivity index (χ3n) is 6.22. The summed E-state index contributed by atoms with van der Waals surface area (Å²) in [5.41, 5.74) is 3.04. The third kappa shape index (κ3) is 4.57. The number of hydroxylamine groups is 1. The van der Waals surface area contributed by atoms with Crippen molar-refractivity contribution in [2.45, 2.75) is 69.3 Å². The maximum absolute atomic E-state index is 12.7. The molecule has 0 aromatic rings. The number of nitrogens with one attached hydrogen (secondary N) is 4. The van der Waals surface area contributed by atoms with E-state index in [9.17, 15) is 13.6 Å². The Morgan fingerprint density at radius 3 is 2.63 bits per heavy atom. The van der Waals surface area contributed by atoms with Gasteiger partial charge in [0.05, 0.1) is 12.3 Å². The molecule has 4 fully saturated rings. The van der Waals surface area contributed by atoms with Gasteiger partial charge < -0.3 is 15.4 Å². The van der Waals surface area contributed by atoms with Crippen molar-refractivity contribution in [1.29, 1.82) is 0 Å². The Morgan fingerprint density at radius 2 is 1.89 bits per heavy atom. The minimum atomic E-state index is -2.70. The molecule has 4 unspecified atom stereocenters. The maximum Gasteiger partial charge on any atom is 0.345 e. The number of nitrogens with zero attached hydrogens (tertiary/aromatic N) is 1. The van der Waals surface area contributed by atoms with E-state index >= 15 is 0 Å². The molecule has 4 rings (SSSR count). The molecule has 4 atom stereocenters. The van der Waals surface area contributed by atoms with Crippen molar-refractivity contribution in [2.24, 2.45) is 5.92 Å². The number of carbonyl (C=O) groups excluding carboxylic acids is 1. The molecule has 0 bridgehead atoms. The molecule has 3 aliphatic heterocycles. The summed E-state index contributed by atoms with van der Waals surface area (Å²) < 4.78 is 29.3. The number of hydrogen-bond acceptors (Lipinski definition) is 7. The molecule has 3 heterocycles. The fourth-order valence-corrected chi connectivity index (χ4v) is 4.81. The monoisotopic (exact) mass is 389 g/mol. The quantitative estimate of drug-likeness (QED) is 0.515. The molecule has 1 saturated carbocycles. The molecular weight excluding hydrogens is 360 g/mol. The number of carbonyl (C=O) groups is 1. The maximum atomic E-state index is 12.7. The first kappa shape index (κ1) is 19.4. The van der Waals surface area contributed by atoms with E-state index in [-0.39, 0.29) is 36.5 Å². The fourth-order valence-electron chi connectivity index (χ4n) is 4.81. The van der Waals surface area contributed by atoms with E-state index < -0.39 is 6.61 Å². The Balaban J connectivity index is 1.22. The molecule has 10 heteroatoms. The summed E-state index contributed by atoms with van der Waals surface area (Å²) in [4.78, 5) is 20.6. The molecule has 0 spiro atoms. The first-order valence-electron chi connectivity index (χ1n) is 9.96. The van der Waals surface area contributed by atoms with Crippen LogP contribution in [0.3, 0.4) is 0 Å². The molecular formula is C17H29F2N5O3. The van der Waals surface area contributed by atoms with E-state index in [2.05, 4.69) is 31.1 Å². The van der Waals surface area contributed by atoms with Crippen LogP contribution in [0.2, 0.25) is 0 Å². The second kappa shape index (κ2) is 8.62. The average Bonchev–Trinajstić information content (AvgIpc) is 3.30. The summed E-state index contributed by atoms with van der Waals surface area (Å²) in [7, 11) is 0. The summed E-state index contributed by atoms with van der Waals surface area (Å²) in [5.74, 6) is 0.296. The zero-order valence-electron chi connectivity index (χ0n) is 15.3. The predicted molar refractivity (Wildman–Crippen MR) is 92.5 cm³/mol. The first-order chi connectivity index (χ1) is 13.1. The van der Waals surface area contributed by atoms with Gasteiger partial charge in [-0.25, -0.2) is 0 Å². The molecule has 3 saturated heterocycles. The third-order valence-corrected chi connectivity index (χ3v) is 6.22. The number of ether oxygens (including phenoxy) is 1. The van der Waals surface area contributed by atoms with Gasteiger partial charge in [0.1, 0.15) is 6.04 Å². The van der Waals surface area contributed by atoms with Crippen LogP contribution in [0, 0.1) is 5.92 Å². The largest absolute Gasteiger partial charge is 0.345 e. The van der Waals surface area contributed by atoms with Crippen LogP contribution in [-0.4, -0.2) is 74.2 Å². The summed E-state index contributed by atoms with van der Waals surface area (Å²) in [5, 5.41) is 9.65. The van der Waals surface area contributed by atoms with Crippen LogP contribution in [0.1, 0.15) is 32.1 Å². The van der Waals surface area contributed by atoms with Gasteiger partial charge in [-0.1, -0.05) is 0 Å². The van der Waals surface area contributed by atoms with Crippen LogP contribution in [-0.2, 0) is 14.4 Å². The molecule has 0 aromatic heterocycles. The molecule has 0 aromatic carbocycles. The van der Waals surface area contributed by atoms with Crippen LogP contribution < -0.4 is 21.4 Å². The molecule has 8 nitrogen and oxygen atoms in total. The lowest BCUT2D eigenvalue weighted by Gasteiger charge is -2.36. The first-order valence-corrected chi connectivity index (χ1v) is 9.96. The number of halogens is 2. The van der Waals surface area contributed by atoms with E-state index in [1.54, 1.807) is 0 Å². The summed E-state index contributed by atoms with van der Waals surface area (Å²) in [6, 6.07) is -0.158. The van der Waals surface area contributed by atoms with Crippen molar-refractivity contribution in [3.05, 3.63) is 0 Å².